The van der Waals surface area contributed by atoms with Crippen LogP contribution in [-0.4, -0.2) is 4.67 Å². The average Bonchev–Trinajstić information content (AvgIpc) is 2.85. The van der Waals surface area contributed by atoms with E-state index in [-0.39, 0.29) is 0 Å². The zero-order valence-electron chi connectivity index (χ0n) is 16.3. The normalized spacial score (nSPS) is 12.0. The molecule has 0 N–H and O–H groups in total. The summed E-state index contributed by atoms with van der Waals surface area (Å²) < 4.78 is 1.35. The van der Waals surface area contributed by atoms with Crippen LogP contribution in [0.3, 0.4) is 0 Å². The summed E-state index contributed by atoms with van der Waals surface area (Å²) in [7, 11) is 0. The van der Waals surface area contributed by atoms with Gasteiger partial charge in [-0.3, -0.25) is 0 Å². The van der Waals surface area contributed by atoms with Gasteiger partial charge in [0, 0.05) is 0 Å². The van der Waals surface area contributed by atoms with Crippen molar-refractivity contribution >= 4 is 28.0 Å². The third kappa shape index (κ3) is 2.47. The molecule has 0 fully saturated rings. The summed E-state index contributed by atoms with van der Waals surface area (Å²) in [5.74, 6) is 0. The molecule has 0 radical (unpaired) electrons. The molecule has 0 unspecified atom stereocenters. The van der Waals surface area contributed by atoms with E-state index in [4.69, 9.17) is 0 Å². The van der Waals surface area contributed by atoms with Crippen LogP contribution in [-0.2, 0) is 0 Å². The Balaban J connectivity index is 2.39. The van der Waals surface area contributed by atoms with Gasteiger partial charge in [0.2, 0.25) is 0 Å². The second-order valence-corrected chi connectivity index (χ2v) is 11.5. The summed E-state index contributed by atoms with van der Waals surface area (Å²) >= 11 is 0. The first-order chi connectivity index (χ1) is 14.8. The SMILES string of the molecule is N#CN(C#N)P(c1ccccc1)(c1ccccc1)(c1ccccc1)c1ccccc1. The van der Waals surface area contributed by atoms with E-state index < -0.39 is 6.75 Å². The Hall–Kier alpha value is -3.91. The number of nitrogens with zero attached hydrogens (tertiary/aromatic N) is 3. The molecule has 0 saturated carbocycles. The zero-order chi connectivity index (χ0) is 20.9. The van der Waals surface area contributed by atoms with Crippen molar-refractivity contribution < 1.29 is 0 Å². The third-order valence-electron chi connectivity index (χ3n) is 5.63. The van der Waals surface area contributed by atoms with Crippen molar-refractivity contribution in [3.63, 3.8) is 0 Å². The van der Waals surface area contributed by atoms with Crippen LogP contribution in [0.1, 0.15) is 0 Å². The molecule has 4 aromatic carbocycles. The molecule has 0 bridgehead atoms. The van der Waals surface area contributed by atoms with Gasteiger partial charge in [-0.2, -0.15) is 0 Å². The topological polar surface area (TPSA) is 50.8 Å². The maximum absolute atomic E-state index is 10.4. The van der Waals surface area contributed by atoms with Gasteiger partial charge in [0.15, 0.2) is 0 Å². The predicted molar refractivity (Wildman–Crippen MR) is 124 cm³/mol. The van der Waals surface area contributed by atoms with Crippen LogP contribution >= 0.6 is 6.75 Å². The zero-order valence-corrected chi connectivity index (χ0v) is 17.2. The number of rotatable bonds is 5. The molecular formula is C26H20N3P. The summed E-state index contributed by atoms with van der Waals surface area (Å²) in [6, 6.07) is 39.9. The van der Waals surface area contributed by atoms with Crippen molar-refractivity contribution in [1.82, 2.24) is 4.67 Å². The van der Waals surface area contributed by atoms with Crippen LogP contribution in [0, 0.1) is 22.9 Å². The Morgan fingerprint density at radius 2 is 0.667 bits per heavy atom. The Morgan fingerprint density at radius 1 is 0.433 bits per heavy atom. The van der Waals surface area contributed by atoms with Gasteiger partial charge in [0.25, 0.3) is 0 Å². The van der Waals surface area contributed by atoms with Gasteiger partial charge >= 0.3 is 177 Å². The van der Waals surface area contributed by atoms with E-state index in [0.29, 0.717) is 0 Å². The molecule has 0 aliphatic carbocycles. The second-order valence-electron chi connectivity index (χ2n) is 6.92. The van der Waals surface area contributed by atoms with Crippen LogP contribution in [0.2, 0.25) is 0 Å². The summed E-state index contributed by atoms with van der Waals surface area (Å²) in [6.07, 6.45) is 4.52. The average molecular weight is 405 g/mol. The monoisotopic (exact) mass is 405 g/mol. The molecular weight excluding hydrogens is 385 g/mol. The maximum atomic E-state index is 10.4. The molecule has 4 heteroatoms. The summed E-state index contributed by atoms with van der Waals surface area (Å²) in [5.41, 5.74) is 0. The van der Waals surface area contributed by atoms with Crippen LogP contribution in [0.15, 0.2) is 121 Å². The first-order valence-electron chi connectivity index (χ1n) is 9.63. The molecule has 0 amide bonds. The van der Waals surface area contributed by atoms with Gasteiger partial charge in [0.1, 0.15) is 0 Å². The molecule has 0 saturated heterocycles. The van der Waals surface area contributed by atoms with Crippen molar-refractivity contribution in [3.05, 3.63) is 121 Å². The second kappa shape index (κ2) is 7.84. The molecule has 0 heterocycles. The number of hydrogen-bond acceptors (Lipinski definition) is 3. The predicted octanol–water partition coefficient (Wildman–Crippen LogP) is 4.02. The van der Waals surface area contributed by atoms with E-state index in [2.05, 4.69) is 12.4 Å². The first kappa shape index (κ1) is 19.4. The van der Waals surface area contributed by atoms with Crippen LogP contribution in [0.5, 0.6) is 0 Å². The van der Waals surface area contributed by atoms with Gasteiger partial charge in [0.05, 0.1) is 0 Å². The van der Waals surface area contributed by atoms with E-state index >= 15 is 0 Å². The Labute approximate surface area is 177 Å². The van der Waals surface area contributed by atoms with Crippen molar-refractivity contribution in [2.24, 2.45) is 0 Å². The van der Waals surface area contributed by atoms with Crippen molar-refractivity contribution in [3.8, 4) is 12.4 Å². The molecule has 30 heavy (non-hydrogen) atoms. The molecule has 0 aromatic heterocycles. The number of nitriles is 2. The minimum absolute atomic E-state index is 0.940. The molecule has 0 aliphatic rings. The van der Waals surface area contributed by atoms with E-state index in [1.165, 1.54) is 4.67 Å². The van der Waals surface area contributed by atoms with E-state index in [0.717, 1.165) is 21.2 Å². The molecule has 4 aromatic rings. The van der Waals surface area contributed by atoms with Crippen LogP contribution in [0.25, 0.3) is 0 Å². The minimum atomic E-state index is -3.90. The number of hydrogen-bond donors (Lipinski definition) is 0. The van der Waals surface area contributed by atoms with E-state index in [1.807, 2.05) is 121 Å². The summed E-state index contributed by atoms with van der Waals surface area (Å²) in [4.78, 5) is 0. The van der Waals surface area contributed by atoms with Crippen LogP contribution in [0.4, 0.5) is 0 Å². The fraction of sp³-hybridized carbons (Fsp3) is 0. The molecule has 4 rings (SSSR count). The molecule has 3 nitrogen and oxygen atoms in total. The molecule has 144 valence electrons. The molecule has 0 aliphatic heterocycles. The fourth-order valence-electron chi connectivity index (χ4n) is 4.43. The molecule has 0 atom stereocenters. The van der Waals surface area contributed by atoms with Gasteiger partial charge in [-0.1, -0.05) is 0 Å². The van der Waals surface area contributed by atoms with Crippen molar-refractivity contribution in [2.75, 3.05) is 0 Å². The fourth-order valence-corrected chi connectivity index (χ4v) is 10.5. The van der Waals surface area contributed by atoms with Gasteiger partial charge < -0.3 is 0 Å². The Kier molecular flexibility index (Phi) is 5.07. The van der Waals surface area contributed by atoms with Crippen LogP contribution < -0.4 is 21.2 Å². The third-order valence-corrected chi connectivity index (χ3v) is 11.8. The standard InChI is InChI=1S/C26H20N3P/c27-21-29(22-28)30(23-13-5-1-6-14-23,24-15-7-2-8-16-24,25-17-9-3-10-18-25)26-19-11-4-12-20-26/h1-20H. The Morgan fingerprint density at radius 3 is 0.867 bits per heavy atom. The van der Waals surface area contributed by atoms with Gasteiger partial charge in [-0.25, -0.2) is 0 Å². The Bertz CT molecular complexity index is 1030. The molecule has 0 spiro atoms. The summed E-state index contributed by atoms with van der Waals surface area (Å²) in [5, 5.41) is 24.5. The quantitative estimate of drug-likeness (QED) is 0.286. The summed E-state index contributed by atoms with van der Waals surface area (Å²) in [6.45, 7) is -3.90. The van der Waals surface area contributed by atoms with Crippen molar-refractivity contribution in [1.29, 1.82) is 10.5 Å². The van der Waals surface area contributed by atoms with Crippen molar-refractivity contribution in [2.45, 2.75) is 0 Å². The van der Waals surface area contributed by atoms with Gasteiger partial charge in [-0.05, 0) is 0 Å². The number of benzene rings is 4. The van der Waals surface area contributed by atoms with E-state index in [1.54, 1.807) is 0 Å². The first-order valence-corrected chi connectivity index (χ1v) is 11.8. The van der Waals surface area contributed by atoms with Gasteiger partial charge in [-0.15, -0.1) is 0 Å². The van der Waals surface area contributed by atoms with E-state index in [9.17, 15) is 10.5 Å².